The van der Waals surface area contributed by atoms with Crippen molar-refractivity contribution in [3.63, 3.8) is 0 Å². The van der Waals surface area contributed by atoms with E-state index in [2.05, 4.69) is 41.3 Å². The van der Waals surface area contributed by atoms with E-state index in [1.807, 2.05) is 35.9 Å². The normalized spacial score (nSPS) is 16.9. The minimum absolute atomic E-state index is 0.0512. The Morgan fingerprint density at radius 2 is 1.96 bits per heavy atom. The topological polar surface area (TPSA) is 80.9 Å². The molecule has 4 rings (SSSR count). The largest absolute Gasteiger partial charge is 0.322 e. The highest BCUT2D eigenvalue weighted by Gasteiger charge is 2.37. The van der Waals surface area contributed by atoms with Gasteiger partial charge in [0, 0.05) is 12.8 Å². The first-order valence-electron chi connectivity index (χ1n) is 9.62. The van der Waals surface area contributed by atoms with Crippen LogP contribution in [0.3, 0.4) is 0 Å². The highest BCUT2D eigenvalue weighted by molar-refractivity contribution is 5.82. The lowest BCUT2D eigenvalue weighted by Gasteiger charge is -2.27. The first-order chi connectivity index (χ1) is 12.9. The first-order valence-corrected chi connectivity index (χ1v) is 9.62. The van der Waals surface area contributed by atoms with Crippen molar-refractivity contribution in [1.29, 1.82) is 0 Å². The Balaban J connectivity index is 1.93. The third-order valence-electron chi connectivity index (χ3n) is 5.47. The summed E-state index contributed by atoms with van der Waals surface area (Å²) < 4.78 is 1.86. The van der Waals surface area contributed by atoms with Crippen LogP contribution in [0.25, 0.3) is 10.9 Å². The molecule has 0 unspecified atom stereocenters. The van der Waals surface area contributed by atoms with Gasteiger partial charge in [-0.05, 0) is 55.1 Å². The Morgan fingerprint density at radius 3 is 2.67 bits per heavy atom. The summed E-state index contributed by atoms with van der Waals surface area (Å²) in [4.78, 5) is 17.6. The van der Waals surface area contributed by atoms with Gasteiger partial charge in [0.25, 0.3) is 5.56 Å². The number of likely N-dealkylation sites (tertiary alicyclic amines) is 1. The average Bonchev–Trinajstić information content (AvgIpc) is 3.28. The summed E-state index contributed by atoms with van der Waals surface area (Å²) in [6, 6.07) is 7.94. The van der Waals surface area contributed by atoms with Crippen molar-refractivity contribution in [1.82, 2.24) is 25.2 Å². The molecule has 1 aromatic carbocycles. The summed E-state index contributed by atoms with van der Waals surface area (Å²) >= 11 is 0. The number of aryl methyl sites for hydroxylation is 1. The van der Waals surface area contributed by atoms with Crippen LogP contribution in [0.4, 0.5) is 0 Å². The molecule has 142 valence electrons. The van der Waals surface area contributed by atoms with Crippen molar-refractivity contribution < 1.29 is 4.90 Å². The highest BCUT2D eigenvalue weighted by atomic mass is 16.1. The number of fused-ring (bicyclic) bond motifs is 1. The van der Waals surface area contributed by atoms with Crippen LogP contribution in [0, 0.1) is 6.92 Å². The lowest BCUT2D eigenvalue weighted by atomic mass is 10.0. The zero-order chi connectivity index (χ0) is 19.2. The molecule has 7 heteroatoms. The molecule has 3 aromatic rings. The van der Waals surface area contributed by atoms with Crippen LogP contribution >= 0.6 is 0 Å². The van der Waals surface area contributed by atoms with Crippen molar-refractivity contribution in [2.24, 2.45) is 0 Å². The lowest BCUT2D eigenvalue weighted by Crippen LogP contribution is -3.10. The minimum Gasteiger partial charge on any atom is -0.322 e. The number of pyridine rings is 1. The minimum atomic E-state index is -0.254. The molecule has 1 saturated heterocycles. The van der Waals surface area contributed by atoms with Gasteiger partial charge in [0.2, 0.25) is 5.82 Å². The van der Waals surface area contributed by atoms with E-state index in [9.17, 15) is 4.79 Å². The van der Waals surface area contributed by atoms with E-state index in [1.165, 1.54) is 4.90 Å². The van der Waals surface area contributed by atoms with Crippen LogP contribution in [-0.2, 0) is 5.54 Å². The van der Waals surface area contributed by atoms with E-state index in [0.29, 0.717) is 0 Å². The quantitative estimate of drug-likeness (QED) is 0.732. The van der Waals surface area contributed by atoms with E-state index in [4.69, 9.17) is 0 Å². The Kier molecular flexibility index (Phi) is 4.34. The zero-order valence-electron chi connectivity index (χ0n) is 16.4. The molecule has 2 aromatic heterocycles. The van der Waals surface area contributed by atoms with E-state index >= 15 is 0 Å². The number of rotatable bonds is 3. The Labute approximate surface area is 158 Å². The summed E-state index contributed by atoms with van der Waals surface area (Å²) in [5.41, 5.74) is 2.41. The molecule has 0 radical (unpaired) electrons. The van der Waals surface area contributed by atoms with Crippen LogP contribution in [0.15, 0.2) is 29.1 Å². The van der Waals surface area contributed by atoms with Crippen LogP contribution in [0.1, 0.15) is 56.6 Å². The van der Waals surface area contributed by atoms with E-state index in [0.717, 1.165) is 53.8 Å². The number of tetrazole rings is 1. The zero-order valence-corrected chi connectivity index (χ0v) is 16.4. The van der Waals surface area contributed by atoms with Crippen LogP contribution < -0.4 is 10.5 Å². The van der Waals surface area contributed by atoms with Crippen molar-refractivity contribution in [2.45, 2.75) is 52.1 Å². The molecule has 0 bridgehead atoms. The van der Waals surface area contributed by atoms with E-state index in [1.54, 1.807) is 0 Å². The molecule has 1 aliphatic heterocycles. The molecule has 0 aliphatic carbocycles. The van der Waals surface area contributed by atoms with Gasteiger partial charge >= 0.3 is 0 Å². The highest BCUT2D eigenvalue weighted by Crippen LogP contribution is 2.23. The fourth-order valence-electron chi connectivity index (χ4n) is 4.13. The van der Waals surface area contributed by atoms with Crippen molar-refractivity contribution in [3.05, 3.63) is 51.6 Å². The molecule has 1 atom stereocenters. The van der Waals surface area contributed by atoms with Crippen molar-refractivity contribution in [3.8, 4) is 0 Å². The number of benzene rings is 1. The predicted octanol–water partition coefficient (Wildman–Crippen LogP) is 1.35. The molecule has 2 N–H and O–H groups in total. The molecule has 0 amide bonds. The number of quaternary nitrogens is 1. The van der Waals surface area contributed by atoms with Gasteiger partial charge in [-0.25, -0.2) is 4.68 Å². The van der Waals surface area contributed by atoms with Gasteiger partial charge in [-0.2, -0.15) is 0 Å². The number of nitrogens with zero attached hydrogens (tertiary/aromatic N) is 4. The third-order valence-corrected chi connectivity index (χ3v) is 5.47. The molecule has 1 fully saturated rings. The first kappa shape index (κ1) is 17.9. The molecular formula is C20H27N6O+. The number of H-pyrrole nitrogens is 1. The fourth-order valence-corrected chi connectivity index (χ4v) is 4.13. The number of aromatic nitrogens is 5. The third kappa shape index (κ3) is 3.16. The van der Waals surface area contributed by atoms with E-state index < -0.39 is 0 Å². The van der Waals surface area contributed by atoms with Gasteiger partial charge in [-0.15, -0.1) is 5.10 Å². The second kappa shape index (κ2) is 6.56. The average molecular weight is 367 g/mol. The molecular weight excluding hydrogens is 340 g/mol. The van der Waals surface area contributed by atoms with Gasteiger partial charge in [-0.1, -0.05) is 18.2 Å². The maximum Gasteiger partial charge on any atom is 0.258 e. The second-order valence-electron chi connectivity index (χ2n) is 8.51. The van der Waals surface area contributed by atoms with Gasteiger partial charge < -0.3 is 9.88 Å². The summed E-state index contributed by atoms with van der Waals surface area (Å²) in [5, 5.41) is 13.6. The molecule has 0 spiro atoms. The van der Waals surface area contributed by atoms with Crippen LogP contribution in [0.2, 0.25) is 0 Å². The SMILES string of the molecule is Cc1cccc2cc([C@H](c3nnnn3C(C)(C)C)[NH+]3CCCC3)c(=O)[nH]c12. The summed E-state index contributed by atoms with van der Waals surface area (Å²) in [5.74, 6) is 0.761. The Hall–Kier alpha value is -2.54. The lowest BCUT2D eigenvalue weighted by molar-refractivity contribution is -0.914. The molecule has 3 heterocycles. The second-order valence-corrected chi connectivity index (χ2v) is 8.51. The standard InChI is InChI=1S/C20H26N6O/c1-13-8-7-9-14-12-15(19(27)21-16(13)14)17(25-10-5-6-11-25)18-22-23-24-26(18)20(2,3)4/h7-9,12,17H,5-6,10-11H2,1-4H3,(H,21,27)/p+1/t17-/m1/s1. The van der Waals surface area contributed by atoms with Gasteiger partial charge in [0.05, 0.1) is 29.7 Å². The number of para-hydroxylation sites is 1. The van der Waals surface area contributed by atoms with E-state index in [-0.39, 0.29) is 17.1 Å². The maximum absolute atomic E-state index is 13.1. The fraction of sp³-hybridized carbons (Fsp3) is 0.500. The number of aromatic amines is 1. The summed E-state index contributed by atoms with van der Waals surface area (Å²) in [6.45, 7) is 10.3. The molecule has 27 heavy (non-hydrogen) atoms. The van der Waals surface area contributed by atoms with Crippen LogP contribution in [-0.4, -0.2) is 38.3 Å². The Morgan fingerprint density at radius 1 is 1.22 bits per heavy atom. The predicted molar refractivity (Wildman–Crippen MR) is 104 cm³/mol. The summed E-state index contributed by atoms with van der Waals surface area (Å²) in [7, 11) is 0. The van der Waals surface area contributed by atoms with Gasteiger partial charge in [0.1, 0.15) is 0 Å². The molecule has 0 saturated carbocycles. The van der Waals surface area contributed by atoms with Crippen molar-refractivity contribution >= 4 is 10.9 Å². The molecule has 1 aliphatic rings. The monoisotopic (exact) mass is 367 g/mol. The molecule has 7 nitrogen and oxygen atoms in total. The van der Waals surface area contributed by atoms with Gasteiger partial charge in [-0.3, -0.25) is 4.79 Å². The van der Waals surface area contributed by atoms with Crippen LogP contribution in [0.5, 0.6) is 0 Å². The maximum atomic E-state index is 13.1. The summed E-state index contributed by atoms with van der Waals surface area (Å²) in [6.07, 6.45) is 2.32. The number of nitrogens with one attached hydrogen (secondary N) is 2. The number of hydrogen-bond acceptors (Lipinski definition) is 4. The van der Waals surface area contributed by atoms with Crippen molar-refractivity contribution in [2.75, 3.05) is 13.1 Å². The number of hydrogen-bond donors (Lipinski definition) is 2. The smallest absolute Gasteiger partial charge is 0.258 e. The Bertz CT molecular complexity index is 1020. The van der Waals surface area contributed by atoms with Gasteiger partial charge in [0.15, 0.2) is 6.04 Å².